The fourth-order valence-corrected chi connectivity index (χ4v) is 1.58. The van der Waals surface area contributed by atoms with Crippen LogP contribution >= 0.6 is 0 Å². The summed E-state index contributed by atoms with van der Waals surface area (Å²) in [6.45, 7) is 5.20. The molecule has 7 heteroatoms. The van der Waals surface area contributed by atoms with Crippen molar-refractivity contribution >= 4 is 17.9 Å². The first-order chi connectivity index (χ1) is 10.2. The number of nitrogens with one attached hydrogen (secondary N) is 1. The van der Waals surface area contributed by atoms with E-state index < -0.39 is 17.7 Å². The molecule has 0 unspecified atom stereocenters. The van der Waals surface area contributed by atoms with E-state index in [1.54, 1.807) is 40.1 Å². The van der Waals surface area contributed by atoms with E-state index in [1.807, 2.05) is 6.07 Å². The van der Waals surface area contributed by atoms with Crippen LogP contribution in [0, 0.1) is 0 Å². The Morgan fingerprint density at radius 3 is 2.64 bits per heavy atom. The highest BCUT2D eigenvalue weighted by atomic mass is 16.6. The highest BCUT2D eigenvalue weighted by molar-refractivity contribution is 5.78. The van der Waals surface area contributed by atoms with E-state index in [9.17, 15) is 9.59 Å². The van der Waals surface area contributed by atoms with E-state index in [2.05, 4.69) is 10.3 Å². The van der Waals surface area contributed by atoms with Gasteiger partial charge < -0.3 is 19.7 Å². The largest absolute Gasteiger partial charge is 0.459 e. The first-order valence-electron chi connectivity index (χ1n) is 6.94. The highest BCUT2D eigenvalue weighted by Gasteiger charge is 2.21. The predicted octanol–water partition coefficient (Wildman–Crippen LogP) is 2.03. The van der Waals surface area contributed by atoms with Gasteiger partial charge in [0.15, 0.2) is 0 Å². The molecule has 1 aromatic heterocycles. The summed E-state index contributed by atoms with van der Waals surface area (Å²) >= 11 is 0. The van der Waals surface area contributed by atoms with Gasteiger partial charge in [-0.15, -0.1) is 0 Å². The third-order valence-electron chi connectivity index (χ3n) is 2.59. The maximum absolute atomic E-state index is 11.8. The fourth-order valence-electron chi connectivity index (χ4n) is 1.58. The molecule has 0 spiro atoms. The quantitative estimate of drug-likeness (QED) is 0.838. The second-order valence-corrected chi connectivity index (χ2v) is 5.76. The second kappa shape index (κ2) is 7.63. The molecule has 1 heterocycles. The number of aromatic nitrogens is 1. The van der Waals surface area contributed by atoms with E-state index in [0.717, 1.165) is 5.56 Å². The van der Waals surface area contributed by atoms with Crippen molar-refractivity contribution in [3.63, 3.8) is 0 Å². The lowest BCUT2D eigenvalue weighted by atomic mass is 10.2. The zero-order chi connectivity index (χ0) is 16.8. The van der Waals surface area contributed by atoms with Crippen LogP contribution < -0.4 is 5.32 Å². The van der Waals surface area contributed by atoms with E-state index in [1.165, 1.54) is 11.9 Å². The highest BCUT2D eigenvalue weighted by Crippen LogP contribution is 2.12. The third-order valence-corrected chi connectivity index (χ3v) is 2.59. The molecule has 0 bridgehead atoms. The summed E-state index contributed by atoms with van der Waals surface area (Å²) in [7, 11) is 3.22. The van der Waals surface area contributed by atoms with Gasteiger partial charge >= 0.3 is 12.1 Å². The van der Waals surface area contributed by atoms with Crippen molar-refractivity contribution < 1.29 is 19.1 Å². The number of carbonyl (C=O) groups excluding carboxylic acids is 2. The number of carbonyl (C=O) groups is 2. The molecule has 7 nitrogen and oxygen atoms in total. The lowest BCUT2D eigenvalue weighted by Gasteiger charge is -2.24. The van der Waals surface area contributed by atoms with E-state index >= 15 is 0 Å². The smallest absolute Gasteiger partial charge is 0.410 e. The van der Waals surface area contributed by atoms with E-state index in [4.69, 9.17) is 9.47 Å². The van der Waals surface area contributed by atoms with Crippen LogP contribution in [0.4, 0.5) is 10.6 Å². The Bertz CT molecular complexity index is 526. The fraction of sp³-hybridized carbons (Fsp3) is 0.533. The molecular weight excluding hydrogens is 286 g/mol. The van der Waals surface area contributed by atoms with Crippen molar-refractivity contribution in [2.24, 2.45) is 0 Å². The topological polar surface area (TPSA) is 80.8 Å². The van der Waals surface area contributed by atoms with Gasteiger partial charge in [-0.3, -0.25) is 4.79 Å². The van der Waals surface area contributed by atoms with Gasteiger partial charge in [-0.25, -0.2) is 9.78 Å². The monoisotopic (exact) mass is 309 g/mol. The van der Waals surface area contributed by atoms with Gasteiger partial charge in [0.05, 0.1) is 0 Å². The number of esters is 1. The molecular formula is C15H23N3O4. The third kappa shape index (κ3) is 5.99. The number of amides is 1. The predicted molar refractivity (Wildman–Crippen MR) is 82.4 cm³/mol. The molecule has 0 aromatic carbocycles. The number of hydrogen-bond acceptors (Lipinski definition) is 6. The molecule has 0 atom stereocenters. The van der Waals surface area contributed by atoms with Crippen molar-refractivity contribution in [3.05, 3.63) is 23.9 Å². The Morgan fingerprint density at radius 1 is 1.36 bits per heavy atom. The Morgan fingerprint density at radius 2 is 2.05 bits per heavy atom. The maximum Gasteiger partial charge on any atom is 0.410 e. The van der Waals surface area contributed by atoms with Crippen LogP contribution in [0.1, 0.15) is 26.3 Å². The lowest BCUT2D eigenvalue weighted by Crippen LogP contribution is -2.37. The van der Waals surface area contributed by atoms with Gasteiger partial charge in [-0.1, -0.05) is 6.07 Å². The van der Waals surface area contributed by atoms with Crippen LogP contribution in [0.3, 0.4) is 0 Å². The summed E-state index contributed by atoms with van der Waals surface area (Å²) in [4.78, 5) is 28.8. The van der Waals surface area contributed by atoms with Crippen molar-refractivity contribution in [3.8, 4) is 0 Å². The van der Waals surface area contributed by atoms with Gasteiger partial charge in [0.2, 0.25) is 0 Å². The Hall–Kier alpha value is -2.31. The summed E-state index contributed by atoms with van der Waals surface area (Å²) in [5.74, 6) is 0.134. The van der Waals surface area contributed by atoms with Gasteiger partial charge in [-0.2, -0.15) is 0 Å². The van der Waals surface area contributed by atoms with Gasteiger partial charge in [0, 0.05) is 25.9 Å². The first-order valence-corrected chi connectivity index (χ1v) is 6.94. The molecule has 0 fully saturated rings. The normalized spacial score (nSPS) is 10.8. The van der Waals surface area contributed by atoms with Crippen LogP contribution in [0.25, 0.3) is 0 Å². The van der Waals surface area contributed by atoms with E-state index in [-0.39, 0.29) is 13.2 Å². The van der Waals surface area contributed by atoms with Crippen LogP contribution in [-0.4, -0.2) is 48.2 Å². The summed E-state index contributed by atoms with van der Waals surface area (Å²) < 4.78 is 10.3. The molecule has 1 amide bonds. The summed E-state index contributed by atoms with van der Waals surface area (Å²) in [5, 5.41) is 2.92. The Balaban J connectivity index is 2.48. The summed E-state index contributed by atoms with van der Waals surface area (Å²) in [6.07, 6.45) is 1.08. The summed E-state index contributed by atoms with van der Waals surface area (Å²) in [6, 6.07) is 3.57. The van der Waals surface area contributed by atoms with Crippen LogP contribution in [0.2, 0.25) is 0 Å². The minimum atomic E-state index is -0.605. The Kier molecular flexibility index (Phi) is 6.15. The van der Waals surface area contributed by atoms with Gasteiger partial charge in [0.25, 0.3) is 0 Å². The maximum atomic E-state index is 11.8. The van der Waals surface area contributed by atoms with Gasteiger partial charge in [0.1, 0.15) is 24.6 Å². The number of ether oxygens (including phenoxy) is 2. The molecule has 1 rings (SSSR count). The zero-order valence-corrected chi connectivity index (χ0v) is 13.7. The average molecular weight is 309 g/mol. The average Bonchev–Trinajstić information content (AvgIpc) is 2.43. The van der Waals surface area contributed by atoms with Crippen molar-refractivity contribution in [1.29, 1.82) is 0 Å². The second-order valence-electron chi connectivity index (χ2n) is 5.76. The van der Waals surface area contributed by atoms with Crippen LogP contribution in [0.5, 0.6) is 0 Å². The van der Waals surface area contributed by atoms with Crippen molar-refractivity contribution in [1.82, 2.24) is 9.88 Å². The number of nitrogens with zero attached hydrogens (tertiary/aromatic N) is 2. The minimum absolute atomic E-state index is 0.0883. The molecule has 122 valence electrons. The molecule has 1 aromatic rings. The Labute approximate surface area is 130 Å². The van der Waals surface area contributed by atoms with Gasteiger partial charge in [-0.05, 0) is 26.8 Å². The molecule has 0 aliphatic carbocycles. The van der Waals surface area contributed by atoms with E-state index in [0.29, 0.717) is 5.82 Å². The van der Waals surface area contributed by atoms with Crippen molar-refractivity contribution in [2.45, 2.75) is 33.0 Å². The minimum Gasteiger partial charge on any atom is -0.459 e. The van der Waals surface area contributed by atoms with Crippen molar-refractivity contribution in [2.75, 3.05) is 26.0 Å². The number of anilines is 1. The number of pyridine rings is 1. The molecule has 0 saturated heterocycles. The zero-order valence-electron chi connectivity index (χ0n) is 13.7. The number of hydrogen-bond donors (Lipinski definition) is 1. The molecule has 0 aliphatic heterocycles. The SMILES string of the molecule is CNc1ncccc1COC(=O)CN(C)C(=O)OC(C)(C)C. The summed E-state index contributed by atoms with van der Waals surface area (Å²) in [5.41, 5.74) is 0.158. The molecule has 1 N–H and O–H groups in total. The van der Waals surface area contributed by atoms with Crippen LogP contribution in [-0.2, 0) is 20.9 Å². The number of likely N-dealkylation sites (N-methyl/N-ethyl adjacent to an activating group) is 1. The molecule has 0 saturated carbocycles. The van der Waals surface area contributed by atoms with Crippen LogP contribution in [0.15, 0.2) is 18.3 Å². The molecule has 22 heavy (non-hydrogen) atoms. The number of rotatable bonds is 5. The molecule has 0 radical (unpaired) electrons. The molecule has 0 aliphatic rings. The lowest BCUT2D eigenvalue weighted by molar-refractivity contribution is -0.145. The standard InChI is InChI=1S/C15H23N3O4/c1-15(2,3)22-14(20)18(5)9-12(19)21-10-11-7-6-8-17-13(11)16-4/h6-8H,9-10H2,1-5H3,(H,16,17). The first kappa shape index (κ1) is 17.7.